The van der Waals surface area contributed by atoms with Gasteiger partial charge in [-0.2, -0.15) is 0 Å². The van der Waals surface area contributed by atoms with Gasteiger partial charge in [0.2, 0.25) is 0 Å². The van der Waals surface area contributed by atoms with Gasteiger partial charge in [0.15, 0.2) is 5.78 Å². The van der Waals surface area contributed by atoms with Crippen molar-refractivity contribution in [1.82, 2.24) is 0 Å². The van der Waals surface area contributed by atoms with Crippen molar-refractivity contribution in [3.05, 3.63) is 69.8 Å². The molecule has 0 radical (unpaired) electrons. The van der Waals surface area contributed by atoms with Gasteiger partial charge in [0.05, 0.1) is 0 Å². The van der Waals surface area contributed by atoms with Gasteiger partial charge in [-0.15, -0.1) is 0 Å². The van der Waals surface area contributed by atoms with E-state index in [-0.39, 0.29) is 34.1 Å². The first kappa shape index (κ1) is 38.6. The number of carbonyl (C=O) groups is 1. The van der Waals surface area contributed by atoms with Crippen LogP contribution in [0.2, 0.25) is 0 Å². The van der Waals surface area contributed by atoms with Crippen LogP contribution in [0.4, 0.5) is 17.6 Å². The molecule has 0 unspecified atom stereocenters. The molecule has 2 fully saturated rings. The van der Waals surface area contributed by atoms with Gasteiger partial charge in [-0.3, -0.25) is 4.79 Å². The first-order valence-corrected chi connectivity index (χ1v) is 19.5. The SMILES string of the molecule is CCCCCCCC1CCC(c2ccc(C(=O)c3ccc(C4CCC(CCCCCCC)CC4)cc3C(C)(F)F)c(C(C)(F)F)c2)CC1. The molecule has 5 heteroatoms. The summed E-state index contributed by atoms with van der Waals surface area (Å²) < 4.78 is 60.5. The van der Waals surface area contributed by atoms with E-state index in [9.17, 15) is 4.79 Å². The van der Waals surface area contributed by atoms with Gasteiger partial charge in [0.25, 0.3) is 11.8 Å². The summed E-state index contributed by atoms with van der Waals surface area (Å²) in [6, 6.07) is 9.50. The third kappa shape index (κ3) is 10.9. The fourth-order valence-corrected chi connectivity index (χ4v) is 8.54. The average Bonchev–Trinajstić information content (AvgIpc) is 3.07. The summed E-state index contributed by atoms with van der Waals surface area (Å²) in [6.07, 6.45) is 23.5. The van der Waals surface area contributed by atoms with E-state index in [1.165, 1.54) is 101 Å². The molecule has 48 heavy (non-hydrogen) atoms. The first-order chi connectivity index (χ1) is 22.9. The maximum atomic E-state index is 15.1. The summed E-state index contributed by atoms with van der Waals surface area (Å²) in [6.45, 7) is 6.06. The van der Waals surface area contributed by atoms with Gasteiger partial charge in [0.1, 0.15) is 0 Å². The summed E-state index contributed by atoms with van der Waals surface area (Å²) in [5, 5.41) is 0. The zero-order valence-electron chi connectivity index (χ0n) is 30.3. The lowest BCUT2D eigenvalue weighted by Gasteiger charge is -2.30. The molecule has 0 atom stereocenters. The molecule has 2 aliphatic carbocycles. The fourth-order valence-electron chi connectivity index (χ4n) is 8.54. The van der Waals surface area contributed by atoms with Crippen LogP contribution in [0.5, 0.6) is 0 Å². The molecule has 1 nitrogen and oxygen atoms in total. The van der Waals surface area contributed by atoms with Crippen molar-refractivity contribution in [2.75, 3.05) is 0 Å². The van der Waals surface area contributed by atoms with Crippen LogP contribution in [0.25, 0.3) is 0 Å². The molecule has 2 aromatic rings. The Hall–Kier alpha value is -2.17. The van der Waals surface area contributed by atoms with E-state index in [1.807, 2.05) is 0 Å². The predicted octanol–water partition coefficient (Wildman–Crippen LogP) is 14.4. The van der Waals surface area contributed by atoms with Gasteiger partial charge < -0.3 is 0 Å². The Kier molecular flexibility index (Phi) is 14.6. The molecule has 2 aromatic carbocycles. The summed E-state index contributed by atoms with van der Waals surface area (Å²) in [4.78, 5) is 13.9. The number of unbranched alkanes of at least 4 members (excludes halogenated alkanes) is 8. The van der Waals surface area contributed by atoms with Crippen LogP contribution in [0.3, 0.4) is 0 Å². The maximum Gasteiger partial charge on any atom is 0.271 e. The van der Waals surface area contributed by atoms with Crippen molar-refractivity contribution in [1.29, 1.82) is 0 Å². The van der Waals surface area contributed by atoms with Gasteiger partial charge in [-0.05, 0) is 98.3 Å². The van der Waals surface area contributed by atoms with E-state index >= 15 is 17.6 Å². The Morgan fingerprint density at radius 2 is 0.917 bits per heavy atom. The molecular weight excluding hydrogens is 608 g/mol. The highest BCUT2D eigenvalue weighted by atomic mass is 19.3. The van der Waals surface area contributed by atoms with Crippen LogP contribution in [0, 0.1) is 11.8 Å². The minimum Gasteiger partial charge on any atom is -0.289 e. The lowest BCUT2D eigenvalue weighted by Crippen LogP contribution is -2.21. The van der Waals surface area contributed by atoms with Crippen LogP contribution in [0.15, 0.2) is 36.4 Å². The summed E-state index contributed by atoms with van der Waals surface area (Å²) in [5.41, 5.74) is 0.597. The quantitative estimate of drug-likeness (QED) is 0.0876. The summed E-state index contributed by atoms with van der Waals surface area (Å²) in [5.74, 6) is -5.55. The number of ketones is 1. The van der Waals surface area contributed by atoms with E-state index in [0.29, 0.717) is 11.8 Å². The predicted molar refractivity (Wildman–Crippen MR) is 192 cm³/mol. The maximum absolute atomic E-state index is 15.1. The van der Waals surface area contributed by atoms with Crippen molar-refractivity contribution in [2.24, 2.45) is 11.8 Å². The van der Waals surface area contributed by atoms with Gasteiger partial charge >= 0.3 is 0 Å². The molecule has 4 rings (SSSR count). The largest absolute Gasteiger partial charge is 0.289 e. The number of halogens is 4. The van der Waals surface area contributed by atoms with E-state index in [1.54, 1.807) is 12.1 Å². The normalized spacial score (nSPS) is 22.2. The van der Waals surface area contributed by atoms with Crippen molar-refractivity contribution >= 4 is 5.78 Å². The number of benzene rings is 2. The molecule has 2 aliphatic rings. The van der Waals surface area contributed by atoms with Crippen LogP contribution in [0.1, 0.15) is 206 Å². The van der Waals surface area contributed by atoms with E-state index < -0.39 is 17.6 Å². The molecule has 2 saturated carbocycles. The van der Waals surface area contributed by atoms with Crippen LogP contribution >= 0.6 is 0 Å². The van der Waals surface area contributed by atoms with Crippen molar-refractivity contribution < 1.29 is 22.4 Å². The standard InChI is InChI=1S/C43H62F4O/c1-5-7-9-11-13-15-31-17-21-33(22-18-31)35-25-27-37(39(29-35)42(3,44)45)41(48)38-28-26-36(30-40(38)43(4,46)47)34-23-19-32(20-24-34)16-14-12-10-8-6-2/h25-34H,5-24H2,1-4H3. The Balaban J connectivity index is 1.46. The third-order valence-corrected chi connectivity index (χ3v) is 11.6. The second-order valence-corrected chi connectivity index (χ2v) is 15.6. The zero-order chi connectivity index (χ0) is 34.7. The second kappa shape index (κ2) is 18.2. The Morgan fingerprint density at radius 1 is 0.562 bits per heavy atom. The smallest absolute Gasteiger partial charge is 0.271 e. The number of hydrogen-bond acceptors (Lipinski definition) is 1. The summed E-state index contributed by atoms with van der Waals surface area (Å²) in [7, 11) is 0. The van der Waals surface area contributed by atoms with Gasteiger partial charge in [-0.1, -0.05) is 115 Å². The van der Waals surface area contributed by atoms with E-state index in [0.717, 1.165) is 76.3 Å². The molecule has 0 saturated heterocycles. The molecule has 0 aliphatic heterocycles. The van der Waals surface area contributed by atoms with Crippen LogP contribution in [-0.4, -0.2) is 5.78 Å². The highest BCUT2D eigenvalue weighted by molar-refractivity contribution is 6.11. The average molecular weight is 671 g/mol. The molecule has 0 heterocycles. The van der Waals surface area contributed by atoms with Crippen molar-refractivity contribution in [3.8, 4) is 0 Å². The minimum atomic E-state index is -3.28. The summed E-state index contributed by atoms with van der Waals surface area (Å²) >= 11 is 0. The lowest BCUT2D eigenvalue weighted by atomic mass is 9.75. The molecular formula is C43H62F4O. The number of hydrogen-bond donors (Lipinski definition) is 0. The lowest BCUT2D eigenvalue weighted by molar-refractivity contribution is 0.0158. The molecule has 0 bridgehead atoms. The van der Waals surface area contributed by atoms with E-state index in [4.69, 9.17) is 0 Å². The highest BCUT2D eigenvalue weighted by Gasteiger charge is 2.36. The first-order valence-electron chi connectivity index (χ1n) is 19.5. The fraction of sp³-hybridized carbons (Fsp3) is 0.698. The zero-order valence-corrected chi connectivity index (χ0v) is 30.3. The molecule has 0 N–H and O–H groups in total. The number of carbonyl (C=O) groups excluding carboxylic acids is 1. The van der Waals surface area contributed by atoms with Crippen molar-refractivity contribution in [3.63, 3.8) is 0 Å². The van der Waals surface area contributed by atoms with Crippen molar-refractivity contribution in [2.45, 2.75) is 180 Å². The van der Waals surface area contributed by atoms with Gasteiger partial charge in [0, 0.05) is 36.1 Å². The molecule has 0 aromatic heterocycles. The van der Waals surface area contributed by atoms with E-state index in [2.05, 4.69) is 13.8 Å². The van der Waals surface area contributed by atoms with Crippen LogP contribution in [-0.2, 0) is 11.8 Å². The highest BCUT2D eigenvalue weighted by Crippen LogP contribution is 2.43. The van der Waals surface area contributed by atoms with Gasteiger partial charge in [-0.25, -0.2) is 17.6 Å². The number of alkyl halides is 4. The number of rotatable bonds is 18. The second-order valence-electron chi connectivity index (χ2n) is 15.6. The Morgan fingerprint density at radius 3 is 1.25 bits per heavy atom. The molecule has 0 amide bonds. The Bertz CT molecular complexity index is 1180. The van der Waals surface area contributed by atoms with Crippen LogP contribution < -0.4 is 0 Å². The third-order valence-electron chi connectivity index (χ3n) is 11.6. The minimum absolute atomic E-state index is 0.176. The molecule has 268 valence electrons. The molecule has 0 spiro atoms. The Labute approximate surface area is 289 Å². The monoisotopic (exact) mass is 670 g/mol. The topological polar surface area (TPSA) is 17.1 Å².